The molecule has 1 unspecified atom stereocenters. The molecule has 0 radical (unpaired) electrons. The second kappa shape index (κ2) is 3.33. The Morgan fingerprint density at radius 3 is 2.88 bits per heavy atom. The summed E-state index contributed by atoms with van der Waals surface area (Å²) in [5.41, 5.74) is 0. The molecule has 1 saturated heterocycles. The van der Waals surface area contributed by atoms with Crippen LogP contribution in [0.15, 0.2) is 0 Å². The topological polar surface area (TPSA) is 38.0 Å². The highest BCUT2D eigenvalue weighted by Gasteiger charge is 2.10. The van der Waals surface area contributed by atoms with Gasteiger partial charge in [0, 0.05) is 11.8 Å². The number of nitrogens with two attached hydrogens (primary N) is 1. The van der Waals surface area contributed by atoms with Crippen molar-refractivity contribution in [3.8, 4) is 0 Å². The third kappa shape index (κ3) is 1.65. The predicted molar refractivity (Wildman–Crippen MR) is 37.7 cm³/mol. The number of piperidine rings is 1. The van der Waals surface area contributed by atoms with Crippen LogP contribution in [0.5, 0.6) is 0 Å². The summed E-state index contributed by atoms with van der Waals surface area (Å²) in [5.74, 6) is 0. The van der Waals surface area contributed by atoms with Crippen molar-refractivity contribution in [3.05, 3.63) is 0 Å². The Morgan fingerprint density at radius 2 is 2.50 bits per heavy atom. The monoisotopic (exact) mass is 132 g/mol. The van der Waals surface area contributed by atoms with Crippen LogP contribution in [0.2, 0.25) is 0 Å². The van der Waals surface area contributed by atoms with Crippen molar-refractivity contribution in [1.29, 1.82) is 0 Å². The second-order valence-corrected chi connectivity index (χ2v) is 3.04. The van der Waals surface area contributed by atoms with E-state index < -0.39 is 0 Å². The molecule has 8 heavy (non-hydrogen) atoms. The Bertz CT molecular complexity index is 61.4. The van der Waals surface area contributed by atoms with Crippen molar-refractivity contribution in [1.82, 2.24) is 5.32 Å². The SMILES string of the molecule is NSC1CCCNC1. The molecule has 2 nitrogen and oxygen atoms in total. The van der Waals surface area contributed by atoms with Gasteiger partial charge in [-0.2, -0.15) is 0 Å². The molecule has 3 heteroatoms. The van der Waals surface area contributed by atoms with Gasteiger partial charge in [0.1, 0.15) is 0 Å². The van der Waals surface area contributed by atoms with Gasteiger partial charge in [0.05, 0.1) is 0 Å². The zero-order chi connectivity index (χ0) is 5.82. The van der Waals surface area contributed by atoms with Gasteiger partial charge in [-0.15, -0.1) is 0 Å². The van der Waals surface area contributed by atoms with Crippen LogP contribution in [0, 0.1) is 0 Å². The van der Waals surface area contributed by atoms with Crippen LogP contribution in [0.25, 0.3) is 0 Å². The third-order valence-corrected chi connectivity index (χ3v) is 2.23. The van der Waals surface area contributed by atoms with Crippen molar-refractivity contribution in [3.63, 3.8) is 0 Å². The van der Waals surface area contributed by atoms with E-state index in [1.807, 2.05) is 0 Å². The molecule has 0 aromatic heterocycles. The molecule has 0 aromatic rings. The van der Waals surface area contributed by atoms with Crippen molar-refractivity contribution >= 4 is 11.9 Å². The highest BCUT2D eigenvalue weighted by atomic mass is 32.2. The zero-order valence-electron chi connectivity index (χ0n) is 4.89. The molecule has 0 spiro atoms. The molecule has 0 aromatic carbocycles. The van der Waals surface area contributed by atoms with Crippen molar-refractivity contribution in [2.45, 2.75) is 18.1 Å². The van der Waals surface area contributed by atoms with Crippen LogP contribution in [0.4, 0.5) is 0 Å². The van der Waals surface area contributed by atoms with E-state index in [2.05, 4.69) is 5.32 Å². The Labute approximate surface area is 54.3 Å². The normalized spacial score (nSPS) is 30.4. The smallest absolute Gasteiger partial charge is 0.0316 e. The molecule has 3 N–H and O–H groups in total. The molecule has 0 amide bonds. The van der Waals surface area contributed by atoms with Crippen LogP contribution in [-0.2, 0) is 0 Å². The largest absolute Gasteiger partial charge is 0.316 e. The van der Waals surface area contributed by atoms with Crippen LogP contribution < -0.4 is 10.5 Å². The van der Waals surface area contributed by atoms with Gasteiger partial charge in [-0.1, -0.05) is 11.9 Å². The fourth-order valence-corrected chi connectivity index (χ4v) is 1.45. The highest BCUT2D eigenvalue weighted by Crippen LogP contribution is 2.11. The van der Waals surface area contributed by atoms with Gasteiger partial charge in [-0.3, -0.25) is 5.14 Å². The minimum absolute atomic E-state index is 0.670. The summed E-state index contributed by atoms with van der Waals surface area (Å²) >= 11 is 1.48. The van der Waals surface area contributed by atoms with Gasteiger partial charge in [0.2, 0.25) is 0 Å². The van der Waals surface area contributed by atoms with Gasteiger partial charge in [-0.25, -0.2) is 0 Å². The predicted octanol–water partition coefficient (Wildman–Crippen LogP) is 0.345. The summed E-state index contributed by atoms with van der Waals surface area (Å²) in [6.45, 7) is 2.28. The molecule has 0 aliphatic carbocycles. The lowest BCUT2D eigenvalue weighted by molar-refractivity contribution is 0.531. The molecule has 1 atom stereocenters. The summed E-state index contributed by atoms with van der Waals surface area (Å²) in [7, 11) is 0. The van der Waals surface area contributed by atoms with Gasteiger partial charge < -0.3 is 5.32 Å². The molecular formula is C5H12N2S. The first-order valence-corrected chi connectivity index (χ1v) is 3.94. The molecule has 48 valence electrons. The van der Waals surface area contributed by atoms with Gasteiger partial charge in [-0.05, 0) is 19.4 Å². The molecular weight excluding hydrogens is 120 g/mol. The molecule has 0 bridgehead atoms. The minimum atomic E-state index is 0.670. The van der Waals surface area contributed by atoms with Crippen molar-refractivity contribution in [2.75, 3.05) is 13.1 Å². The van der Waals surface area contributed by atoms with E-state index in [9.17, 15) is 0 Å². The molecule has 1 fully saturated rings. The number of nitrogens with one attached hydrogen (secondary N) is 1. The van der Waals surface area contributed by atoms with Crippen LogP contribution >= 0.6 is 11.9 Å². The average molecular weight is 132 g/mol. The Balaban J connectivity index is 2.13. The first-order chi connectivity index (χ1) is 3.93. The van der Waals surface area contributed by atoms with Gasteiger partial charge >= 0.3 is 0 Å². The van der Waals surface area contributed by atoms with E-state index in [1.165, 1.54) is 31.3 Å². The first kappa shape index (κ1) is 6.39. The van der Waals surface area contributed by atoms with E-state index >= 15 is 0 Å². The quantitative estimate of drug-likeness (QED) is 0.505. The lowest BCUT2D eigenvalue weighted by Gasteiger charge is -2.19. The van der Waals surface area contributed by atoms with Crippen LogP contribution in [-0.4, -0.2) is 18.3 Å². The Hall–Kier alpha value is 0.270. The fourth-order valence-electron chi connectivity index (χ4n) is 0.936. The Morgan fingerprint density at radius 1 is 1.62 bits per heavy atom. The summed E-state index contributed by atoms with van der Waals surface area (Å²) < 4.78 is 0. The van der Waals surface area contributed by atoms with E-state index in [1.54, 1.807) is 0 Å². The second-order valence-electron chi connectivity index (χ2n) is 2.10. The van der Waals surface area contributed by atoms with E-state index in [0.717, 1.165) is 6.54 Å². The first-order valence-electron chi connectivity index (χ1n) is 3.00. The molecule has 1 aliphatic heterocycles. The maximum absolute atomic E-state index is 5.38. The third-order valence-electron chi connectivity index (χ3n) is 1.44. The molecule has 1 rings (SSSR count). The molecule has 1 aliphatic rings. The van der Waals surface area contributed by atoms with Crippen molar-refractivity contribution in [2.24, 2.45) is 5.14 Å². The summed E-state index contributed by atoms with van der Waals surface area (Å²) in [4.78, 5) is 0. The summed E-state index contributed by atoms with van der Waals surface area (Å²) in [5, 5.41) is 9.33. The minimum Gasteiger partial charge on any atom is -0.316 e. The van der Waals surface area contributed by atoms with Gasteiger partial charge in [0.15, 0.2) is 0 Å². The van der Waals surface area contributed by atoms with Crippen LogP contribution in [0.1, 0.15) is 12.8 Å². The average Bonchev–Trinajstić information content (AvgIpc) is 1.90. The van der Waals surface area contributed by atoms with Crippen LogP contribution in [0.3, 0.4) is 0 Å². The van der Waals surface area contributed by atoms with E-state index in [4.69, 9.17) is 5.14 Å². The molecule has 0 saturated carbocycles. The Kier molecular flexibility index (Phi) is 2.66. The maximum Gasteiger partial charge on any atom is 0.0316 e. The van der Waals surface area contributed by atoms with Gasteiger partial charge in [0.25, 0.3) is 0 Å². The number of hydrogen-bond donors (Lipinski definition) is 2. The van der Waals surface area contributed by atoms with Crippen molar-refractivity contribution < 1.29 is 0 Å². The fraction of sp³-hybridized carbons (Fsp3) is 1.00. The standard InChI is InChI=1S/C5H12N2S/c6-8-5-2-1-3-7-4-5/h5,7H,1-4,6H2. The van der Waals surface area contributed by atoms with E-state index in [0.29, 0.717) is 5.25 Å². The zero-order valence-corrected chi connectivity index (χ0v) is 5.71. The lowest BCUT2D eigenvalue weighted by Crippen LogP contribution is -2.32. The lowest BCUT2D eigenvalue weighted by atomic mass is 10.2. The van der Waals surface area contributed by atoms with E-state index in [-0.39, 0.29) is 0 Å². The number of hydrogen-bond acceptors (Lipinski definition) is 3. The summed E-state index contributed by atoms with van der Waals surface area (Å²) in [6, 6.07) is 0. The number of rotatable bonds is 1. The summed E-state index contributed by atoms with van der Waals surface area (Å²) in [6.07, 6.45) is 2.57. The molecule has 1 heterocycles. The highest BCUT2D eigenvalue weighted by molar-refractivity contribution is 7.97. The maximum atomic E-state index is 5.38.